The van der Waals surface area contributed by atoms with Gasteiger partial charge in [-0.15, -0.1) is 0 Å². The standard InChI is InChI=1S/C11H14ClN3/c1-15-5-3-8(7-15)11(14)4-2-10(13)9(12)6-11/h2-3,5-7H,4,13-14H2,1H3. The molecule has 1 aromatic rings. The van der Waals surface area contributed by atoms with Gasteiger partial charge in [0.1, 0.15) is 0 Å². The molecular weight excluding hydrogens is 210 g/mol. The molecule has 3 nitrogen and oxygen atoms in total. The van der Waals surface area contributed by atoms with Gasteiger partial charge in [0, 0.05) is 25.1 Å². The van der Waals surface area contributed by atoms with E-state index in [1.807, 2.05) is 42.2 Å². The normalized spacial score (nSPS) is 26.1. The monoisotopic (exact) mass is 223 g/mol. The molecule has 0 fully saturated rings. The van der Waals surface area contributed by atoms with E-state index in [2.05, 4.69) is 0 Å². The van der Waals surface area contributed by atoms with Crippen molar-refractivity contribution in [3.63, 3.8) is 0 Å². The van der Waals surface area contributed by atoms with E-state index in [0.29, 0.717) is 17.2 Å². The van der Waals surface area contributed by atoms with E-state index in [9.17, 15) is 0 Å². The molecule has 1 aromatic heterocycles. The van der Waals surface area contributed by atoms with Crippen molar-refractivity contribution in [1.29, 1.82) is 0 Å². The Morgan fingerprint density at radius 1 is 1.53 bits per heavy atom. The van der Waals surface area contributed by atoms with Crippen LogP contribution in [-0.2, 0) is 12.6 Å². The Morgan fingerprint density at radius 2 is 2.27 bits per heavy atom. The van der Waals surface area contributed by atoms with Crippen LogP contribution in [0.1, 0.15) is 12.0 Å². The van der Waals surface area contributed by atoms with Gasteiger partial charge in [0.05, 0.1) is 10.6 Å². The number of hydrogen-bond donors (Lipinski definition) is 2. The molecule has 0 bridgehead atoms. The summed E-state index contributed by atoms with van der Waals surface area (Å²) < 4.78 is 1.97. The van der Waals surface area contributed by atoms with Crippen molar-refractivity contribution in [1.82, 2.24) is 4.57 Å². The van der Waals surface area contributed by atoms with E-state index < -0.39 is 5.54 Å². The van der Waals surface area contributed by atoms with Crippen LogP contribution in [0.5, 0.6) is 0 Å². The van der Waals surface area contributed by atoms with Crippen molar-refractivity contribution >= 4 is 11.6 Å². The predicted octanol–water partition coefficient (Wildman–Crippen LogP) is 1.55. The largest absolute Gasteiger partial charge is 0.398 e. The van der Waals surface area contributed by atoms with Gasteiger partial charge in [-0.25, -0.2) is 0 Å². The first kappa shape index (κ1) is 10.3. The average Bonchev–Trinajstić information content (AvgIpc) is 2.60. The molecule has 0 aromatic carbocycles. The summed E-state index contributed by atoms with van der Waals surface area (Å²) in [6.07, 6.45) is 8.33. The van der Waals surface area contributed by atoms with E-state index in [0.717, 1.165) is 5.56 Å². The van der Waals surface area contributed by atoms with E-state index >= 15 is 0 Å². The lowest BCUT2D eigenvalue weighted by Gasteiger charge is -2.27. The van der Waals surface area contributed by atoms with Crippen molar-refractivity contribution in [2.75, 3.05) is 0 Å². The van der Waals surface area contributed by atoms with Gasteiger partial charge in [0.2, 0.25) is 0 Å². The molecule has 1 atom stereocenters. The summed E-state index contributed by atoms with van der Waals surface area (Å²) in [6.45, 7) is 0. The second-order valence-corrected chi connectivity index (χ2v) is 4.37. The Morgan fingerprint density at radius 3 is 2.80 bits per heavy atom. The van der Waals surface area contributed by atoms with Crippen molar-refractivity contribution in [3.05, 3.63) is 46.9 Å². The second-order valence-electron chi connectivity index (χ2n) is 3.96. The third kappa shape index (κ3) is 1.80. The highest BCUT2D eigenvalue weighted by Gasteiger charge is 2.28. The minimum Gasteiger partial charge on any atom is -0.398 e. The van der Waals surface area contributed by atoms with E-state index in [1.54, 1.807) is 0 Å². The lowest BCUT2D eigenvalue weighted by Crippen LogP contribution is -2.36. The van der Waals surface area contributed by atoms with E-state index in [-0.39, 0.29) is 0 Å². The molecule has 0 radical (unpaired) electrons. The first-order valence-electron chi connectivity index (χ1n) is 4.77. The molecule has 1 unspecified atom stereocenters. The highest BCUT2D eigenvalue weighted by molar-refractivity contribution is 6.32. The van der Waals surface area contributed by atoms with Crippen LogP contribution in [0.25, 0.3) is 0 Å². The Kier molecular flexibility index (Phi) is 2.37. The van der Waals surface area contributed by atoms with Crippen molar-refractivity contribution in [2.45, 2.75) is 12.0 Å². The maximum Gasteiger partial charge on any atom is 0.0664 e. The number of hydrogen-bond acceptors (Lipinski definition) is 2. The molecule has 0 saturated carbocycles. The average molecular weight is 224 g/mol. The lowest BCUT2D eigenvalue weighted by atomic mass is 9.86. The van der Waals surface area contributed by atoms with Crippen LogP contribution in [0.15, 0.2) is 41.3 Å². The number of halogens is 1. The molecule has 1 aliphatic carbocycles. The van der Waals surface area contributed by atoms with Gasteiger partial charge in [-0.3, -0.25) is 0 Å². The molecule has 1 heterocycles. The van der Waals surface area contributed by atoms with Gasteiger partial charge in [0.25, 0.3) is 0 Å². The van der Waals surface area contributed by atoms with Gasteiger partial charge < -0.3 is 16.0 Å². The van der Waals surface area contributed by atoms with Gasteiger partial charge in [0.15, 0.2) is 0 Å². The van der Waals surface area contributed by atoms with Crippen molar-refractivity contribution < 1.29 is 0 Å². The number of allylic oxidation sites excluding steroid dienone is 1. The van der Waals surface area contributed by atoms with E-state index in [1.165, 1.54) is 0 Å². The second kappa shape index (κ2) is 3.43. The minimum atomic E-state index is -0.527. The zero-order valence-electron chi connectivity index (χ0n) is 8.57. The zero-order chi connectivity index (χ0) is 11.1. The highest BCUT2D eigenvalue weighted by atomic mass is 35.5. The van der Waals surface area contributed by atoms with Crippen molar-refractivity contribution in [3.8, 4) is 0 Å². The Balaban J connectivity index is 2.38. The number of nitrogens with two attached hydrogens (primary N) is 2. The maximum absolute atomic E-state index is 6.27. The Bertz CT molecular complexity index is 444. The summed E-state index contributed by atoms with van der Waals surface area (Å²) in [7, 11) is 1.96. The smallest absolute Gasteiger partial charge is 0.0664 e. The summed E-state index contributed by atoms with van der Waals surface area (Å²) in [5.74, 6) is 0. The van der Waals surface area contributed by atoms with Crippen LogP contribution in [-0.4, -0.2) is 4.57 Å². The SMILES string of the molecule is Cn1ccc(C2(N)C=C(Cl)C(N)=CC2)c1. The minimum absolute atomic E-state index is 0.527. The maximum atomic E-state index is 6.27. The van der Waals surface area contributed by atoms with Gasteiger partial charge in [-0.05, 0) is 24.1 Å². The first-order valence-corrected chi connectivity index (χ1v) is 5.15. The third-order valence-electron chi connectivity index (χ3n) is 2.69. The van der Waals surface area contributed by atoms with Crippen LogP contribution >= 0.6 is 11.6 Å². The van der Waals surface area contributed by atoms with Gasteiger partial charge >= 0.3 is 0 Å². The van der Waals surface area contributed by atoms with Crippen LogP contribution in [0, 0.1) is 0 Å². The summed E-state index contributed by atoms with van der Waals surface area (Å²) in [5.41, 5.74) is 13.1. The summed E-state index contributed by atoms with van der Waals surface area (Å²) >= 11 is 5.99. The first-order chi connectivity index (χ1) is 7.01. The fourth-order valence-corrected chi connectivity index (χ4v) is 2.00. The third-order valence-corrected chi connectivity index (χ3v) is 3.02. The number of nitrogens with zero attached hydrogens (tertiary/aromatic N) is 1. The number of rotatable bonds is 1. The van der Waals surface area contributed by atoms with Crippen molar-refractivity contribution in [2.24, 2.45) is 18.5 Å². The fraction of sp³-hybridized carbons (Fsp3) is 0.273. The van der Waals surface area contributed by atoms with Gasteiger partial charge in [-0.1, -0.05) is 17.7 Å². The molecule has 0 amide bonds. The fourth-order valence-electron chi connectivity index (χ4n) is 1.72. The van der Waals surface area contributed by atoms with Crippen LogP contribution in [0.2, 0.25) is 0 Å². The molecule has 15 heavy (non-hydrogen) atoms. The Labute approximate surface area is 94.0 Å². The van der Waals surface area contributed by atoms with E-state index in [4.69, 9.17) is 23.1 Å². The molecule has 1 aliphatic rings. The topological polar surface area (TPSA) is 57.0 Å². The van der Waals surface area contributed by atoms with Crippen LogP contribution in [0.3, 0.4) is 0 Å². The molecule has 4 N–H and O–H groups in total. The van der Waals surface area contributed by atoms with Gasteiger partial charge in [-0.2, -0.15) is 0 Å². The number of aryl methyl sites for hydroxylation is 1. The summed E-state index contributed by atoms with van der Waals surface area (Å²) in [6, 6.07) is 2.00. The lowest BCUT2D eigenvalue weighted by molar-refractivity contribution is 0.559. The van der Waals surface area contributed by atoms with Crippen LogP contribution in [0.4, 0.5) is 0 Å². The molecule has 2 rings (SSSR count). The molecule has 4 heteroatoms. The highest BCUT2D eigenvalue weighted by Crippen LogP contribution is 2.32. The molecule has 0 spiro atoms. The number of aromatic nitrogens is 1. The molecule has 0 aliphatic heterocycles. The summed E-state index contributed by atoms with van der Waals surface area (Å²) in [5, 5.41) is 0.535. The molecule has 80 valence electrons. The molecular formula is C11H14ClN3. The molecule has 0 saturated heterocycles. The quantitative estimate of drug-likeness (QED) is 0.759. The Hall–Kier alpha value is -1.19. The zero-order valence-corrected chi connectivity index (χ0v) is 9.33. The summed E-state index contributed by atoms with van der Waals surface area (Å²) in [4.78, 5) is 0. The van der Waals surface area contributed by atoms with Crippen LogP contribution < -0.4 is 11.5 Å². The predicted molar refractivity (Wildman–Crippen MR) is 62.1 cm³/mol.